The first kappa shape index (κ1) is 24.2. The summed E-state index contributed by atoms with van der Waals surface area (Å²) in [6.45, 7) is 12.7. The van der Waals surface area contributed by atoms with Crippen molar-refractivity contribution in [2.24, 2.45) is 5.92 Å². The van der Waals surface area contributed by atoms with E-state index in [4.69, 9.17) is 9.47 Å². The Balaban J connectivity index is 2.14. The second-order valence-corrected chi connectivity index (χ2v) is 9.45. The maximum Gasteiger partial charge on any atom is 0.410 e. The molecule has 1 fully saturated rings. The molecule has 0 aromatic carbocycles. The van der Waals surface area contributed by atoms with Gasteiger partial charge in [-0.25, -0.2) is 9.59 Å². The van der Waals surface area contributed by atoms with Crippen LogP contribution in [0, 0.1) is 5.92 Å². The van der Waals surface area contributed by atoms with Crippen LogP contribution in [0.3, 0.4) is 0 Å². The van der Waals surface area contributed by atoms with Crippen LogP contribution in [-0.2, 0) is 14.3 Å². The third-order valence-electron chi connectivity index (χ3n) is 4.37. The highest BCUT2D eigenvalue weighted by atomic mass is 16.6. The average molecular weight is 399 g/mol. The minimum atomic E-state index is -0.498. The number of piperidine rings is 1. The maximum atomic E-state index is 12.4. The molecule has 7 heteroatoms. The minimum Gasteiger partial charge on any atom is -0.444 e. The number of carbonyl (C=O) groups is 3. The zero-order valence-electron chi connectivity index (χ0n) is 18.4. The largest absolute Gasteiger partial charge is 0.444 e. The Bertz CT molecular complexity index is 526. The number of nitrogens with zero attached hydrogens (tertiary/aromatic N) is 1. The van der Waals surface area contributed by atoms with Crippen molar-refractivity contribution in [1.29, 1.82) is 0 Å². The molecule has 0 unspecified atom stereocenters. The van der Waals surface area contributed by atoms with Crippen LogP contribution in [0.15, 0.2) is 0 Å². The van der Waals surface area contributed by atoms with Crippen molar-refractivity contribution in [1.82, 2.24) is 10.2 Å². The maximum absolute atomic E-state index is 12.4. The van der Waals surface area contributed by atoms with Gasteiger partial charge in [0.05, 0.1) is 0 Å². The van der Waals surface area contributed by atoms with Crippen LogP contribution in [0.25, 0.3) is 0 Å². The van der Waals surface area contributed by atoms with Gasteiger partial charge >= 0.3 is 12.2 Å². The lowest BCUT2D eigenvalue weighted by Crippen LogP contribution is -2.42. The number of alkyl carbamates (subject to hydrolysis) is 1. The van der Waals surface area contributed by atoms with Crippen molar-refractivity contribution >= 4 is 18.0 Å². The fraction of sp³-hybridized carbons (Fsp3) is 0.857. The van der Waals surface area contributed by atoms with E-state index in [2.05, 4.69) is 5.32 Å². The number of Topliss-reactive ketones (excluding diaryl/α,β-unsaturated/α-hetero) is 1. The first-order valence-corrected chi connectivity index (χ1v) is 10.3. The van der Waals surface area contributed by atoms with Gasteiger partial charge in [0, 0.05) is 32.0 Å². The second-order valence-electron chi connectivity index (χ2n) is 9.45. The molecule has 1 heterocycles. The normalized spacial score (nSPS) is 15.9. The molecule has 0 spiro atoms. The van der Waals surface area contributed by atoms with Crippen molar-refractivity contribution in [3.63, 3.8) is 0 Å². The molecule has 0 aromatic rings. The molecule has 1 aliphatic rings. The first-order chi connectivity index (χ1) is 12.9. The molecule has 7 nitrogen and oxygen atoms in total. The third kappa shape index (κ3) is 10.5. The second kappa shape index (κ2) is 10.7. The summed E-state index contributed by atoms with van der Waals surface area (Å²) in [5.74, 6) is 0.322. The summed E-state index contributed by atoms with van der Waals surface area (Å²) >= 11 is 0. The monoisotopic (exact) mass is 398 g/mol. The van der Waals surface area contributed by atoms with Crippen LogP contribution in [0.4, 0.5) is 9.59 Å². The van der Waals surface area contributed by atoms with Gasteiger partial charge in [0.2, 0.25) is 0 Å². The molecule has 28 heavy (non-hydrogen) atoms. The molecule has 0 aromatic heterocycles. The lowest BCUT2D eigenvalue weighted by atomic mass is 9.90. The number of carbonyl (C=O) groups excluding carboxylic acids is 3. The lowest BCUT2D eigenvalue weighted by molar-refractivity contribution is -0.124. The van der Waals surface area contributed by atoms with Crippen molar-refractivity contribution in [2.45, 2.75) is 91.3 Å². The molecule has 0 aliphatic carbocycles. The van der Waals surface area contributed by atoms with E-state index in [1.54, 1.807) is 4.90 Å². The molecule has 0 radical (unpaired) electrons. The summed E-state index contributed by atoms with van der Waals surface area (Å²) in [4.78, 5) is 37.7. The van der Waals surface area contributed by atoms with E-state index in [-0.39, 0.29) is 17.8 Å². The molecule has 1 N–H and O–H groups in total. The Hall–Kier alpha value is -1.79. The van der Waals surface area contributed by atoms with Crippen LogP contribution in [-0.4, -0.2) is 53.7 Å². The molecular formula is C21H38N2O5. The predicted molar refractivity (Wildman–Crippen MR) is 108 cm³/mol. The molecule has 1 aliphatic heterocycles. The highest BCUT2D eigenvalue weighted by Gasteiger charge is 2.29. The number of hydrogen-bond acceptors (Lipinski definition) is 5. The van der Waals surface area contributed by atoms with Gasteiger partial charge in [-0.05, 0) is 67.2 Å². The summed E-state index contributed by atoms with van der Waals surface area (Å²) in [6.07, 6.45) is 3.81. The molecule has 0 bridgehead atoms. The standard InChI is InChI=1S/C21H38N2O5/c1-20(2,3)27-18(25)22-13-9-7-8-10-17(24)16-11-14-23(15-12-16)19(26)28-21(4,5)6/h16H,7-15H2,1-6H3,(H,22,25). The Labute approximate surface area is 169 Å². The molecule has 1 saturated heterocycles. The van der Waals surface area contributed by atoms with E-state index < -0.39 is 17.3 Å². The van der Waals surface area contributed by atoms with E-state index in [0.29, 0.717) is 38.9 Å². The van der Waals surface area contributed by atoms with Crippen LogP contribution < -0.4 is 5.32 Å². The number of unbranched alkanes of at least 4 members (excludes halogenated alkanes) is 2. The van der Waals surface area contributed by atoms with Crippen molar-refractivity contribution in [3.05, 3.63) is 0 Å². The average Bonchev–Trinajstić information content (AvgIpc) is 2.54. The van der Waals surface area contributed by atoms with Crippen LogP contribution >= 0.6 is 0 Å². The van der Waals surface area contributed by atoms with Gasteiger partial charge in [0.15, 0.2) is 0 Å². The zero-order chi connectivity index (χ0) is 21.4. The summed E-state index contributed by atoms with van der Waals surface area (Å²) in [7, 11) is 0. The van der Waals surface area contributed by atoms with E-state index >= 15 is 0 Å². The molecule has 0 atom stereocenters. The van der Waals surface area contributed by atoms with E-state index in [1.165, 1.54) is 0 Å². The van der Waals surface area contributed by atoms with E-state index in [0.717, 1.165) is 19.3 Å². The van der Waals surface area contributed by atoms with Gasteiger partial charge in [0.1, 0.15) is 17.0 Å². The summed E-state index contributed by atoms with van der Waals surface area (Å²) in [6, 6.07) is 0. The summed E-state index contributed by atoms with van der Waals surface area (Å²) < 4.78 is 10.6. The predicted octanol–water partition coefficient (Wildman–Crippen LogP) is 4.29. The van der Waals surface area contributed by atoms with Gasteiger partial charge in [-0.3, -0.25) is 4.79 Å². The number of amides is 2. The number of nitrogens with one attached hydrogen (secondary N) is 1. The van der Waals surface area contributed by atoms with E-state index in [9.17, 15) is 14.4 Å². The van der Waals surface area contributed by atoms with Gasteiger partial charge < -0.3 is 19.7 Å². The molecule has 2 amide bonds. The van der Waals surface area contributed by atoms with Crippen molar-refractivity contribution < 1.29 is 23.9 Å². The highest BCUT2D eigenvalue weighted by Crippen LogP contribution is 2.22. The Morgan fingerprint density at radius 2 is 1.46 bits per heavy atom. The van der Waals surface area contributed by atoms with Crippen LogP contribution in [0.2, 0.25) is 0 Å². The number of hydrogen-bond donors (Lipinski definition) is 1. The number of ketones is 1. The van der Waals surface area contributed by atoms with Crippen LogP contribution in [0.5, 0.6) is 0 Å². The Kier molecular flexibility index (Phi) is 9.24. The first-order valence-electron chi connectivity index (χ1n) is 10.3. The number of likely N-dealkylation sites (tertiary alicyclic amines) is 1. The van der Waals surface area contributed by atoms with Crippen LogP contribution in [0.1, 0.15) is 80.1 Å². The topological polar surface area (TPSA) is 84.9 Å². The number of rotatable bonds is 7. The zero-order valence-corrected chi connectivity index (χ0v) is 18.4. The lowest BCUT2D eigenvalue weighted by Gasteiger charge is -2.33. The quantitative estimate of drug-likeness (QED) is 0.647. The number of ether oxygens (including phenoxy) is 2. The smallest absolute Gasteiger partial charge is 0.410 e. The van der Waals surface area contributed by atoms with E-state index in [1.807, 2.05) is 41.5 Å². The Morgan fingerprint density at radius 3 is 2.00 bits per heavy atom. The van der Waals surface area contributed by atoms with Crippen molar-refractivity contribution in [2.75, 3.05) is 19.6 Å². The fourth-order valence-corrected chi connectivity index (χ4v) is 3.02. The molecule has 0 saturated carbocycles. The molecule has 162 valence electrons. The molecular weight excluding hydrogens is 360 g/mol. The Morgan fingerprint density at radius 1 is 0.893 bits per heavy atom. The van der Waals surface area contributed by atoms with Crippen molar-refractivity contribution in [3.8, 4) is 0 Å². The SMILES string of the molecule is CC(C)(C)OC(=O)NCCCCCC(=O)C1CCN(C(=O)OC(C)(C)C)CC1. The third-order valence-corrected chi connectivity index (χ3v) is 4.37. The van der Waals surface area contributed by atoms with Gasteiger partial charge in [-0.2, -0.15) is 0 Å². The van der Waals surface area contributed by atoms with Gasteiger partial charge in [-0.15, -0.1) is 0 Å². The fourth-order valence-electron chi connectivity index (χ4n) is 3.02. The highest BCUT2D eigenvalue weighted by molar-refractivity contribution is 5.81. The molecule has 1 rings (SSSR count). The summed E-state index contributed by atoms with van der Waals surface area (Å²) in [5.41, 5.74) is -0.988. The summed E-state index contributed by atoms with van der Waals surface area (Å²) in [5, 5.41) is 2.73. The van der Waals surface area contributed by atoms with Gasteiger partial charge in [-0.1, -0.05) is 6.42 Å². The minimum absolute atomic E-state index is 0.0403. The van der Waals surface area contributed by atoms with Gasteiger partial charge in [0.25, 0.3) is 0 Å².